The van der Waals surface area contributed by atoms with Crippen molar-refractivity contribution in [3.63, 3.8) is 0 Å². The van der Waals surface area contributed by atoms with Crippen molar-refractivity contribution in [3.05, 3.63) is 54.1 Å². The van der Waals surface area contributed by atoms with E-state index in [1.807, 2.05) is 44.2 Å². The zero-order valence-electron chi connectivity index (χ0n) is 12.3. The molecule has 2 aromatic rings. The molecule has 0 heterocycles. The fraction of sp³-hybridized carbons (Fsp3) is 0.294. The Morgan fingerprint density at radius 1 is 1.10 bits per heavy atom. The van der Waals surface area contributed by atoms with Crippen LogP contribution in [0.2, 0.25) is 0 Å². The standard InChI is InChI=1S/C17H22N2O/c1-13(2)20-17-9-7-16(8-10-17)19(3)12-14-5-4-6-15(18)11-14/h4-11,13H,12,18H2,1-3H3. The maximum absolute atomic E-state index is 5.80. The molecule has 3 nitrogen and oxygen atoms in total. The van der Waals surface area contributed by atoms with Gasteiger partial charge in [-0.2, -0.15) is 0 Å². The van der Waals surface area contributed by atoms with E-state index in [0.717, 1.165) is 23.7 Å². The lowest BCUT2D eigenvalue weighted by molar-refractivity contribution is 0.242. The van der Waals surface area contributed by atoms with Crippen molar-refractivity contribution in [1.29, 1.82) is 0 Å². The van der Waals surface area contributed by atoms with Gasteiger partial charge < -0.3 is 15.4 Å². The number of benzene rings is 2. The lowest BCUT2D eigenvalue weighted by Gasteiger charge is -2.20. The van der Waals surface area contributed by atoms with Gasteiger partial charge in [0.05, 0.1) is 6.10 Å². The first-order chi connectivity index (χ1) is 9.54. The minimum atomic E-state index is 0.200. The van der Waals surface area contributed by atoms with Crippen LogP contribution in [0, 0.1) is 0 Å². The van der Waals surface area contributed by atoms with E-state index in [1.54, 1.807) is 0 Å². The van der Waals surface area contributed by atoms with E-state index in [9.17, 15) is 0 Å². The van der Waals surface area contributed by atoms with E-state index < -0.39 is 0 Å². The number of rotatable bonds is 5. The average molecular weight is 270 g/mol. The molecule has 0 amide bonds. The predicted octanol–water partition coefficient (Wildman–Crippen LogP) is 3.69. The molecule has 0 unspecified atom stereocenters. The molecular weight excluding hydrogens is 248 g/mol. The molecule has 3 heteroatoms. The second-order valence-electron chi connectivity index (χ2n) is 5.26. The summed E-state index contributed by atoms with van der Waals surface area (Å²) in [6, 6.07) is 16.1. The highest BCUT2D eigenvalue weighted by Gasteiger charge is 2.04. The Labute approximate surface area is 121 Å². The van der Waals surface area contributed by atoms with Gasteiger partial charge in [0, 0.05) is 25.0 Å². The van der Waals surface area contributed by atoms with Crippen LogP contribution >= 0.6 is 0 Å². The van der Waals surface area contributed by atoms with Crippen molar-refractivity contribution in [2.24, 2.45) is 0 Å². The zero-order chi connectivity index (χ0) is 14.5. The lowest BCUT2D eigenvalue weighted by Crippen LogP contribution is -2.16. The molecule has 0 aliphatic rings. The molecule has 0 aliphatic heterocycles. The molecule has 0 bridgehead atoms. The largest absolute Gasteiger partial charge is 0.491 e. The van der Waals surface area contributed by atoms with Gasteiger partial charge >= 0.3 is 0 Å². The molecule has 0 spiro atoms. The Bertz CT molecular complexity index is 549. The Morgan fingerprint density at radius 3 is 2.40 bits per heavy atom. The fourth-order valence-electron chi connectivity index (χ4n) is 2.11. The molecule has 0 atom stereocenters. The van der Waals surface area contributed by atoms with Gasteiger partial charge in [-0.05, 0) is 55.8 Å². The quantitative estimate of drug-likeness (QED) is 0.842. The molecule has 0 saturated carbocycles. The molecule has 0 aromatic heterocycles. The highest BCUT2D eigenvalue weighted by molar-refractivity contribution is 5.50. The van der Waals surface area contributed by atoms with Crippen LogP contribution in [0.3, 0.4) is 0 Å². The summed E-state index contributed by atoms with van der Waals surface area (Å²) in [4.78, 5) is 2.19. The van der Waals surface area contributed by atoms with Crippen molar-refractivity contribution in [2.45, 2.75) is 26.5 Å². The molecule has 2 rings (SSSR count). The predicted molar refractivity (Wildman–Crippen MR) is 85.2 cm³/mol. The number of hydrogen-bond acceptors (Lipinski definition) is 3. The third-order valence-corrected chi connectivity index (χ3v) is 3.02. The summed E-state index contributed by atoms with van der Waals surface area (Å²) in [5.74, 6) is 0.904. The smallest absolute Gasteiger partial charge is 0.119 e. The summed E-state index contributed by atoms with van der Waals surface area (Å²) in [6.07, 6.45) is 0.200. The molecule has 106 valence electrons. The van der Waals surface area contributed by atoms with E-state index in [4.69, 9.17) is 10.5 Å². The summed E-state index contributed by atoms with van der Waals surface area (Å²) < 4.78 is 5.65. The van der Waals surface area contributed by atoms with Crippen LogP contribution in [-0.4, -0.2) is 13.2 Å². The first-order valence-corrected chi connectivity index (χ1v) is 6.87. The topological polar surface area (TPSA) is 38.5 Å². The fourth-order valence-corrected chi connectivity index (χ4v) is 2.11. The second-order valence-corrected chi connectivity index (χ2v) is 5.26. The number of nitrogen functional groups attached to an aromatic ring is 1. The SMILES string of the molecule is CC(C)Oc1ccc(N(C)Cc2cccc(N)c2)cc1. The van der Waals surface area contributed by atoms with Crippen LogP contribution in [0.1, 0.15) is 19.4 Å². The van der Waals surface area contributed by atoms with Crippen molar-refractivity contribution >= 4 is 11.4 Å². The number of ether oxygens (including phenoxy) is 1. The van der Waals surface area contributed by atoms with Gasteiger partial charge in [-0.25, -0.2) is 0 Å². The molecule has 0 fully saturated rings. The molecule has 0 saturated heterocycles. The monoisotopic (exact) mass is 270 g/mol. The Kier molecular flexibility index (Phi) is 4.51. The summed E-state index contributed by atoms with van der Waals surface area (Å²) in [5, 5.41) is 0. The molecule has 20 heavy (non-hydrogen) atoms. The maximum Gasteiger partial charge on any atom is 0.119 e. The molecular formula is C17H22N2O. The third-order valence-electron chi connectivity index (χ3n) is 3.02. The summed E-state index contributed by atoms with van der Waals surface area (Å²) in [5.41, 5.74) is 8.97. The van der Waals surface area contributed by atoms with Gasteiger partial charge in [0.2, 0.25) is 0 Å². The molecule has 2 aromatic carbocycles. The van der Waals surface area contributed by atoms with E-state index in [0.29, 0.717) is 0 Å². The van der Waals surface area contributed by atoms with E-state index in [-0.39, 0.29) is 6.10 Å². The summed E-state index contributed by atoms with van der Waals surface area (Å²) in [6.45, 7) is 4.88. The van der Waals surface area contributed by atoms with Crippen molar-refractivity contribution in [2.75, 3.05) is 17.7 Å². The van der Waals surface area contributed by atoms with Crippen LogP contribution in [0.15, 0.2) is 48.5 Å². The van der Waals surface area contributed by atoms with Gasteiger partial charge in [0.1, 0.15) is 5.75 Å². The van der Waals surface area contributed by atoms with Crippen molar-refractivity contribution in [3.8, 4) is 5.75 Å². The van der Waals surface area contributed by atoms with Gasteiger partial charge in [-0.15, -0.1) is 0 Å². The van der Waals surface area contributed by atoms with Gasteiger partial charge in [-0.1, -0.05) is 12.1 Å². The Hall–Kier alpha value is -2.16. The molecule has 0 radical (unpaired) electrons. The minimum Gasteiger partial charge on any atom is -0.491 e. The zero-order valence-corrected chi connectivity index (χ0v) is 12.3. The number of nitrogens with zero attached hydrogens (tertiary/aromatic N) is 1. The average Bonchev–Trinajstić information content (AvgIpc) is 2.38. The number of anilines is 2. The number of hydrogen-bond donors (Lipinski definition) is 1. The maximum atomic E-state index is 5.80. The molecule has 0 aliphatic carbocycles. The number of nitrogens with two attached hydrogens (primary N) is 1. The second kappa shape index (κ2) is 6.33. The lowest BCUT2D eigenvalue weighted by atomic mass is 10.2. The van der Waals surface area contributed by atoms with Crippen molar-refractivity contribution in [1.82, 2.24) is 0 Å². The molecule has 2 N–H and O–H groups in total. The van der Waals surface area contributed by atoms with Crippen LogP contribution < -0.4 is 15.4 Å². The summed E-state index contributed by atoms with van der Waals surface area (Å²) in [7, 11) is 2.07. The van der Waals surface area contributed by atoms with Gasteiger partial charge in [-0.3, -0.25) is 0 Å². The third kappa shape index (κ3) is 3.92. The summed E-state index contributed by atoms with van der Waals surface area (Å²) >= 11 is 0. The highest BCUT2D eigenvalue weighted by atomic mass is 16.5. The van der Waals surface area contributed by atoms with Gasteiger partial charge in [0.15, 0.2) is 0 Å². The first kappa shape index (κ1) is 14.3. The van der Waals surface area contributed by atoms with Crippen molar-refractivity contribution < 1.29 is 4.74 Å². The van der Waals surface area contributed by atoms with E-state index in [2.05, 4.69) is 30.1 Å². The Balaban J connectivity index is 2.03. The minimum absolute atomic E-state index is 0.200. The van der Waals surface area contributed by atoms with E-state index >= 15 is 0 Å². The van der Waals surface area contributed by atoms with Crippen LogP contribution in [-0.2, 0) is 6.54 Å². The van der Waals surface area contributed by atoms with Crippen LogP contribution in [0.25, 0.3) is 0 Å². The van der Waals surface area contributed by atoms with Crippen LogP contribution in [0.5, 0.6) is 5.75 Å². The first-order valence-electron chi connectivity index (χ1n) is 6.87. The van der Waals surface area contributed by atoms with Gasteiger partial charge in [0.25, 0.3) is 0 Å². The normalized spacial score (nSPS) is 10.6. The van der Waals surface area contributed by atoms with E-state index in [1.165, 1.54) is 5.56 Å². The highest BCUT2D eigenvalue weighted by Crippen LogP contribution is 2.21. The van der Waals surface area contributed by atoms with Crippen LogP contribution in [0.4, 0.5) is 11.4 Å². The Morgan fingerprint density at radius 2 is 1.80 bits per heavy atom.